The van der Waals surface area contributed by atoms with Crippen LogP contribution in [0.15, 0.2) is 30.5 Å². The number of aryl methyl sites for hydroxylation is 1. The maximum atomic E-state index is 13.3. The molecule has 0 bridgehead atoms. The predicted molar refractivity (Wildman–Crippen MR) is 77.6 cm³/mol. The smallest absolute Gasteiger partial charge is 0.257 e. The minimum Gasteiger partial charge on any atom is -0.331 e. The average Bonchev–Trinajstić information content (AvgIpc) is 3.03. The zero-order chi connectivity index (χ0) is 14.8. The van der Waals surface area contributed by atoms with Crippen molar-refractivity contribution in [3.8, 4) is 0 Å². The van der Waals surface area contributed by atoms with Crippen molar-refractivity contribution < 1.29 is 8.78 Å². The van der Waals surface area contributed by atoms with E-state index in [9.17, 15) is 8.78 Å². The van der Waals surface area contributed by atoms with Crippen molar-refractivity contribution in [2.75, 3.05) is 0 Å². The molecule has 1 aliphatic rings. The zero-order valence-electron chi connectivity index (χ0n) is 11.4. The van der Waals surface area contributed by atoms with Crippen molar-refractivity contribution in [2.24, 2.45) is 0 Å². The quantitative estimate of drug-likeness (QED) is 0.914. The van der Waals surface area contributed by atoms with Crippen molar-refractivity contribution >= 4 is 11.6 Å². The standard InChI is InChI=1S/C15H16ClF2N3/c16-11-4-1-3-10(7-11)14(15(17)18)20-9-12-8-19-13-5-2-6-21(12)13/h1,3-4,7-8,14-15,20H,2,5-6,9H2. The molecule has 21 heavy (non-hydrogen) atoms. The van der Waals surface area contributed by atoms with Crippen molar-refractivity contribution in [2.45, 2.75) is 38.4 Å². The summed E-state index contributed by atoms with van der Waals surface area (Å²) in [6.45, 7) is 1.29. The minimum atomic E-state index is -2.50. The average molecular weight is 312 g/mol. The lowest BCUT2D eigenvalue weighted by atomic mass is 10.1. The fourth-order valence-corrected chi connectivity index (χ4v) is 2.93. The van der Waals surface area contributed by atoms with Crippen LogP contribution in [0.5, 0.6) is 0 Å². The summed E-state index contributed by atoms with van der Waals surface area (Å²) in [6, 6.07) is 5.57. The van der Waals surface area contributed by atoms with E-state index in [0.29, 0.717) is 17.1 Å². The molecule has 2 heterocycles. The first-order valence-corrected chi connectivity index (χ1v) is 7.33. The molecule has 2 aromatic rings. The number of rotatable bonds is 5. The van der Waals surface area contributed by atoms with Gasteiger partial charge in [0, 0.05) is 30.7 Å². The van der Waals surface area contributed by atoms with E-state index in [4.69, 9.17) is 11.6 Å². The fourth-order valence-electron chi connectivity index (χ4n) is 2.73. The Labute approximate surface area is 126 Å². The maximum Gasteiger partial charge on any atom is 0.257 e. The number of hydrogen-bond acceptors (Lipinski definition) is 2. The first kappa shape index (κ1) is 14.5. The molecule has 1 N–H and O–H groups in total. The SMILES string of the molecule is FC(F)C(NCc1cnc2n1CCC2)c1cccc(Cl)c1. The first-order chi connectivity index (χ1) is 10.1. The van der Waals surface area contributed by atoms with Crippen LogP contribution in [-0.2, 0) is 19.5 Å². The van der Waals surface area contributed by atoms with Crippen LogP contribution in [0.3, 0.4) is 0 Å². The number of hydrogen-bond donors (Lipinski definition) is 1. The van der Waals surface area contributed by atoms with Crippen LogP contribution in [-0.4, -0.2) is 16.0 Å². The highest BCUT2D eigenvalue weighted by atomic mass is 35.5. The Hall–Kier alpha value is -1.46. The van der Waals surface area contributed by atoms with E-state index in [2.05, 4.69) is 14.9 Å². The Morgan fingerprint density at radius 3 is 3.00 bits per heavy atom. The number of halogens is 3. The Morgan fingerprint density at radius 1 is 1.38 bits per heavy atom. The molecule has 0 spiro atoms. The van der Waals surface area contributed by atoms with E-state index in [1.165, 1.54) is 0 Å². The Balaban J connectivity index is 1.74. The molecule has 112 valence electrons. The highest BCUT2D eigenvalue weighted by Crippen LogP contribution is 2.24. The van der Waals surface area contributed by atoms with Gasteiger partial charge in [0.2, 0.25) is 0 Å². The molecule has 3 rings (SSSR count). The summed E-state index contributed by atoms with van der Waals surface area (Å²) in [5.74, 6) is 1.04. The normalized spacial score (nSPS) is 15.4. The number of alkyl halides is 2. The number of nitrogens with one attached hydrogen (secondary N) is 1. The Bertz CT molecular complexity index is 627. The van der Waals surface area contributed by atoms with E-state index in [0.717, 1.165) is 30.9 Å². The number of fused-ring (bicyclic) bond motifs is 1. The second-order valence-electron chi connectivity index (χ2n) is 5.17. The van der Waals surface area contributed by atoms with Gasteiger partial charge in [0.25, 0.3) is 6.43 Å². The van der Waals surface area contributed by atoms with Crippen LogP contribution < -0.4 is 5.32 Å². The van der Waals surface area contributed by atoms with Crippen LogP contribution in [0.4, 0.5) is 8.78 Å². The highest BCUT2D eigenvalue weighted by molar-refractivity contribution is 6.30. The van der Waals surface area contributed by atoms with E-state index in [-0.39, 0.29) is 0 Å². The summed E-state index contributed by atoms with van der Waals surface area (Å²) in [4.78, 5) is 4.32. The molecule has 1 unspecified atom stereocenters. The molecule has 0 amide bonds. The van der Waals surface area contributed by atoms with E-state index < -0.39 is 12.5 Å². The number of imidazole rings is 1. The maximum absolute atomic E-state index is 13.3. The minimum absolute atomic E-state index is 0.370. The highest BCUT2D eigenvalue weighted by Gasteiger charge is 2.23. The third kappa shape index (κ3) is 3.09. The van der Waals surface area contributed by atoms with E-state index >= 15 is 0 Å². The summed E-state index contributed by atoms with van der Waals surface area (Å²) >= 11 is 5.88. The van der Waals surface area contributed by atoms with E-state index in [1.807, 2.05) is 0 Å². The van der Waals surface area contributed by atoms with Gasteiger partial charge in [-0.25, -0.2) is 13.8 Å². The summed E-state index contributed by atoms with van der Waals surface area (Å²) in [7, 11) is 0. The van der Waals surface area contributed by atoms with Gasteiger partial charge in [-0.3, -0.25) is 5.32 Å². The summed E-state index contributed by atoms with van der Waals surface area (Å²) in [6.07, 6.45) is 1.31. The molecule has 0 radical (unpaired) electrons. The molecule has 0 saturated carbocycles. The second-order valence-corrected chi connectivity index (χ2v) is 5.61. The lowest BCUT2D eigenvalue weighted by molar-refractivity contribution is 0.0971. The third-order valence-corrected chi connectivity index (χ3v) is 4.00. The second kappa shape index (κ2) is 6.12. The molecule has 1 aliphatic heterocycles. The largest absolute Gasteiger partial charge is 0.331 e. The van der Waals surface area contributed by atoms with Gasteiger partial charge >= 0.3 is 0 Å². The lowest BCUT2D eigenvalue weighted by Gasteiger charge is -2.19. The molecule has 6 heteroatoms. The predicted octanol–water partition coefficient (Wildman–Crippen LogP) is 3.58. The third-order valence-electron chi connectivity index (χ3n) is 3.77. The molecule has 0 saturated heterocycles. The molecule has 0 fully saturated rings. The summed E-state index contributed by atoms with van der Waals surface area (Å²) < 4.78 is 28.7. The van der Waals surface area contributed by atoms with E-state index in [1.54, 1.807) is 30.5 Å². The van der Waals surface area contributed by atoms with Gasteiger partial charge < -0.3 is 4.57 Å². The van der Waals surface area contributed by atoms with Gasteiger partial charge in [0.05, 0.1) is 11.7 Å². The van der Waals surface area contributed by atoms with Crippen LogP contribution >= 0.6 is 11.6 Å². The molecular formula is C15H16ClF2N3. The molecule has 3 nitrogen and oxygen atoms in total. The fraction of sp³-hybridized carbons (Fsp3) is 0.400. The van der Waals surface area contributed by atoms with Crippen molar-refractivity contribution in [1.82, 2.24) is 14.9 Å². The van der Waals surface area contributed by atoms with Gasteiger partial charge in [-0.15, -0.1) is 0 Å². The van der Waals surface area contributed by atoms with Gasteiger partial charge in [0.1, 0.15) is 5.82 Å². The summed E-state index contributed by atoms with van der Waals surface area (Å²) in [5.41, 5.74) is 1.45. The Morgan fingerprint density at radius 2 is 2.24 bits per heavy atom. The van der Waals surface area contributed by atoms with Gasteiger partial charge in [-0.05, 0) is 24.1 Å². The van der Waals surface area contributed by atoms with Gasteiger partial charge in [-0.1, -0.05) is 23.7 Å². The molecule has 1 aromatic heterocycles. The molecular weight excluding hydrogens is 296 g/mol. The number of nitrogens with zero attached hydrogens (tertiary/aromatic N) is 2. The number of aromatic nitrogens is 2. The van der Waals surface area contributed by atoms with Crippen LogP contribution in [0.25, 0.3) is 0 Å². The first-order valence-electron chi connectivity index (χ1n) is 6.95. The molecule has 1 aromatic carbocycles. The zero-order valence-corrected chi connectivity index (χ0v) is 12.2. The van der Waals surface area contributed by atoms with Crippen LogP contribution in [0.2, 0.25) is 5.02 Å². The lowest BCUT2D eigenvalue weighted by Crippen LogP contribution is -2.27. The molecule has 1 atom stereocenters. The van der Waals surface area contributed by atoms with Crippen molar-refractivity contribution in [3.63, 3.8) is 0 Å². The van der Waals surface area contributed by atoms with Crippen LogP contribution in [0, 0.1) is 0 Å². The topological polar surface area (TPSA) is 29.9 Å². The van der Waals surface area contributed by atoms with Gasteiger partial charge in [-0.2, -0.15) is 0 Å². The Kier molecular flexibility index (Phi) is 4.22. The van der Waals surface area contributed by atoms with Crippen LogP contribution in [0.1, 0.15) is 29.5 Å². The van der Waals surface area contributed by atoms with Crippen molar-refractivity contribution in [1.29, 1.82) is 0 Å². The van der Waals surface area contributed by atoms with Crippen molar-refractivity contribution in [3.05, 3.63) is 52.6 Å². The summed E-state index contributed by atoms with van der Waals surface area (Å²) in [5, 5.41) is 3.39. The number of benzene rings is 1. The molecule has 0 aliphatic carbocycles. The monoisotopic (exact) mass is 311 g/mol. The van der Waals surface area contributed by atoms with Gasteiger partial charge in [0.15, 0.2) is 0 Å².